The van der Waals surface area contributed by atoms with Crippen LogP contribution in [0.4, 0.5) is 0 Å². The van der Waals surface area contributed by atoms with Crippen LogP contribution in [0, 0.1) is 6.92 Å². The van der Waals surface area contributed by atoms with Crippen molar-refractivity contribution in [2.45, 2.75) is 32.3 Å². The topological polar surface area (TPSA) is 76.5 Å². The van der Waals surface area contributed by atoms with Crippen LogP contribution >= 0.6 is 0 Å². The Balaban J connectivity index is 1.95. The van der Waals surface area contributed by atoms with Gasteiger partial charge in [0.25, 0.3) is 5.91 Å². The first-order chi connectivity index (χ1) is 10.4. The highest BCUT2D eigenvalue weighted by atomic mass is 16.5. The van der Waals surface area contributed by atoms with Gasteiger partial charge in [-0.3, -0.25) is 14.3 Å². The molecule has 1 aromatic heterocycles. The van der Waals surface area contributed by atoms with Crippen molar-refractivity contribution in [3.8, 4) is 0 Å². The fraction of sp³-hybridized carbons (Fsp3) is 0.667. The van der Waals surface area contributed by atoms with Crippen molar-refractivity contribution in [2.24, 2.45) is 7.05 Å². The lowest BCUT2D eigenvalue weighted by molar-refractivity contribution is -0.162. The predicted molar refractivity (Wildman–Crippen MR) is 81.3 cm³/mol. The van der Waals surface area contributed by atoms with Crippen LogP contribution in [0.25, 0.3) is 0 Å². The number of morpholine rings is 1. The molecule has 7 nitrogen and oxygen atoms in total. The molecule has 0 saturated carbocycles. The van der Waals surface area contributed by atoms with Crippen LogP contribution in [-0.2, 0) is 27.8 Å². The minimum atomic E-state index is -0.965. The van der Waals surface area contributed by atoms with Gasteiger partial charge in [0.2, 0.25) is 5.91 Å². The van der Waals surface area contributed by atoms with Gasteiger partial charge in [0.15, 0.2) is 5.60 Å². The van der Waals surface area contributed by atoms with Gasteiger partial charge in [0.05, 0.1) is 19.3 Å². The van der Waals surface area contributed by atoms with Crippen molar-refractivity contribution in [2.75, 3.05) is 26.7 Å². The number of hydrogen-bond donors (Lipinski definition) is 1. The highest BCUT2D eigenvalue weighted by Gasteiger charge is 2.39. The minimum absolute atomic E-state index is 0.0432. The molecule has 1 aliphatic rings. The fourth-order valence-electron chi connectivity index (χ4n) is 2.67. The first-order valence-corrected chi connectivity index (χ1v) is 7.49. The van der Waals surface area contributed by atoms with E-state index in [0.29, 0.717) is 26.0 Å². The van der Waals surface area contributed by atoms with Crippen molar-refractivity contribution >= 4 is 11.8 Å². The van der Waals surface area contributed by atoms with E-state index in [-0.39, 0.29) is 18.4 Å². The number of aromatic nitrogens is 2. The Morgan fingerprint density at radius 3 is 2.82 bits per heavy atom. The number of carbonyl (C=O) groups is 2. The zero-order valence-electron chi connectivity index (χ0n) is 13.7. The van der Waals surface area contributed by atoms with Crippen molar-refractivity contribution in [1.82, 2.24) is 20.0 Å². The monoisotopic (exact) mass is 308 g/mol. The molecule has 0 aliphatic carbocycles. The van der Waals surface area contributed by atoms with E-state index in [0.717, 1.165) is 11.3 Å². The Bertz CT molecular complexity index is 569. The van der Waals surface area contributed by atoms with Crippen LogP contribution in [-0.4, -0.2) is 58.8 Å². The molecule has 7 heteroatoms. The van der Waals surface area contributed by atoms with E-state index in [2.05, 4.69) is 10.4 Å². The second kappa shape index (κ2) is 6.48. The molecule has 0 radical (unpaired) electrons. The number of nitrogens with zero attached hydrogens (tertiary/aromatic N) is 3. The summed E-state index contributed by atoms with van der Waals surface area (Å²) in [5, 5.41) is 6.77. The van der Waals surface area contributed by atoms with Gasteiger partial charge in [0, 0.05) is 32.8 Å². The summed E-state index contributed by atoms with van der Waals surface area (Å²) in [6.07, 6.45) is 2.87. The van der Waals surface area contributed by atoms with Gasteiger partial charge in [-0.05, 0) is 25.8 Å². The van der Waals surface area contributed by atoms with Crippen molar-refractivity contribution in [3.05, 3.63) is 17.5 Å². The third-order valence-corrected chi connectivity index (χ3v) is 4.28. The Morgan fingerprint density at radius 2 is 2.23 bits per heavy atom. The summed E-state index contributed by atoms with van der Waals surface area (Å²) in [4.78, 5) is 26.0. The molecule has 0 bridgehead atoms. The van der Waals surface area contributed by atoms with Gasteiger partial charge < -0.3 is 15.0 Å². The van der Waals surface area contributed by atoms with Gasteiger partial charge in [-0.2, -0.15) is 5.10 Å². The lowest BCUT2D eigenvalue weighted by Gasteiger charge is -2.39. The first kappa shape index (κ1) is 16.5. The largest absolute Gasteiger partial charge is 0.362 e. The number of nitrogens with one attached hydrogen (secondary N) is 1. The first-order valence-electron chi connectivity index (χ1n) is 7.49. The highest BCUT2D eigenvalue weighted by molar-refractivity contribution is 5.86. The smallest absolute Gasteiger partial charge is 0.253 e. The van der Waals surface area contributed by atoms with E-state index in [9.17, 15) is 9.59 Å². The van der Waals surface area contributed by atoms with Gasteiger partial charge in [0.1, 0.15) is 0 Å². The number of carbonyl (C=O) groups excluding carboxylic acids is 2. The molecule has 1 N–H and O–H groups in total. The molecule has 2 rings (SSSR count). The molecule has 2 amide bonds. The summed E-state index contributed by atoms with van der Waals surface area (Å²) in [5.41, 5.74) is 1.19. The van der Waals surface area contributed by atoms with E-state index in [1.165, 1.54) is 0 Å². The second-order valence-corrected chi connectivity index (χ2v) is 5.85. The van der Waals surface area contributed by atoms with Crippen molar-refractivity contribution in [3.63, 3.8) is 0 Å². The quantitative estimate of drug-likeness (QED) is 0.851. The van der Waals surface area contributed by atoms with Crippen LogP contribution in [0.15, 0.2) is 6.20 Å². The Labute approximate surface area is 130 Å². The van der Waals surface area contributed by atoms with Gasteiger partial charge >= 0.3 is 0 Å². The number of hydrogen-bond acceptors (Lipinski definition) is 4. The average molecular weight is 308 g/mol. The van der Waals surface area contributed by atoms with Gasteiger partial charge in [-0.25, -0.2) is 0 Å². The minimum Gasteiger partial charge on any atom is -0.362 e. The maximum Gasteiger partial charge on any atom is 0.253 e. The SMILES string of the molecule is CNC(=O)[C@@]1(C)CN(C(=O)CCc2cnn(C)c2C)CCO1. The van der Waals surface area contributed by atoms with Gasteiger partial charge in [-0.15, -0.1) is 0 Å². The Morgan fingerprint density at radius 1 is 1.50 bits per heavy atom. The van der Waals surface area contributed by atoms with Crippen LogP contribution in [0.1, 0.15) is 24.6 Å². The molecular formula is C15H24N4O3. The third-order valence-electron chi connectivity index (χ3n) is 4.28. The Kier molecular flexibility index (Phi) is 4.85. The molecule has 1 fully saturated rings. The summed E-state index contributed by atoms with van der Waals surface area (Å²) in [7, 11) is 3.46. The molecular weight excluding hydrogens is 284 g/mol. The summed E-state index contributed by atoms with van der Waals surface area (Å²) < 4.78 is 7.37. The maximum absolute atomic E-state index is 12.4. The van der Waals surface area contributed by atoms with Gasteiger partial charge in [-0.1, -0.05) is 0 Å². The predicted octanol–water partition coefficient (Wildman–Crippen LogP) is 0.0246. The average Bonchev–Trinajstić information content (AvgIpc) is 2.83. The van der Waals surface area contributed by atoms with Crippen molar-refractivity contribution < 1.29 is 14.3 Å². The third kappa shape index (κ3) is 3.30. The number of amides is 2. The zero-order valence-corrected chi connectivity index (χ0v) is 13.7. The number of likely N-dealkylation sites (N-methyl/N-ethyl adjacent to an activating group) is 1. The van der Waals surface area contributed by atoms with E-state index in [4.69, 9.17) is 4.74 Å². The summed E-state index contributed by atoms with van der Waals surface area (Å²) in [6.45, 7) is 4.90. The van der Waals surface area contributed by atoms with Crippen LogP contribution in [0.3, 0.4) is 0 Å². The summed E-state index contributed by atoms with van der Waals surface area (Å²) >= 11 is 0. The fourth-order valence-corrected chi connectivity index (χ4v) is 2.67. The standard InChI is InChI=1S/C15H24N4O3/c1-11-12(9-17-18(11)4)5-6-13(20)19-7-8-22-15(2,10-19)14(21)16-3/h9H,5-8,10H2,1-4H3,(H,16,21)/t15-/m1/s1. The van der Waals surface area contributed by atoms with E-state index in [1.807, 2.05) is 14.0 Å². The van der Waals surface area contributed by atoms with Crippen LogP contribution in [0.5, 0.6) is 0 Å². The summed E-state index contributed by atoms with van der Waals surface area (Å²) in [5.74, 6) is -0.158. The van der Waals surface area contributed by atoms with E-state index in [1.54, 1.807) is 29.7 Å². The molecule has 1 saturated heterocycles. The number of aryl methyl sites for hydroxylation is 2. The van der Waals surface area contributed by atoms with E-state index < -0.39 is 5.60 Å². The highest BCUT2D eigenvalue weighted by Crippen LogP contribution is 2.19. The lowest BCUT2D eigenvalue weighted by atomic mass is 10.0. The zero-order chi connectivity index (χ0) is 16.3. The molecule has 0 unspecified atom stereocenters. The van der Waals surface area contributed by atoms with Crippen LogP contribution in [0.2, 0.25) is 0 Å². The molecule has 2 heterocycles. The second-order valence-electron chi connectivity index (χ2n) is 5.85. The molecule has 0 spiro atoms. The number of ether oxygens (including phenoxy) is 1. The maximum atomic E-state index is 12.4. The lowest BCUT2D eigenvalue weighted by Crippen LogP contribution is -2.58. The normalized spacial score (nSPS) is 21.7. The molecule has 22 heavy (non-hydrogen) atoms. The summed E-state index contributed by atoms with van der Waals surface area (Å²) in [6, 6.07) is 0. The van der Waals surface area contributed by atoms with E-state index >= 15 is 0 Å². The molecule has 0 aromatic carbocycles. The Hall–Kier alpha value is -1.89. The molecule has 1 aromatic rings. The van der Waals surface area contributed by atoms with Crippen LogP contribution < -0.4 is 5.32 Å². The number of rotatable bonds is 4. The molecule has 1 aliphatic heterocycles. The van der Waals surface area contributed by atoms with Crippen molar-refractivity contribution in [1.29, 1.82) is 0 Å². The molecule has 1 atom stereocenters. The molecule has 122 valence electrons.